The molecular formula is C13H11F2N5O. The average molecular weight is 291 g/mol. The van der Waals surface area contributed by atoms with Crippen LogP contribution in [0.25, 0.3) is 16.7 Å². The molecule has 21 heavy (non-hydrogen) atoms. The van der Waals surface area contributed by atoms with E-state index in [0.29, 0.717) is 0 Å². The number of fused-ring (bicyclic) bond motifs is 1. The first-order valence-electron chi connectivity index (χ1n) is 6.16. The van der Waals surface area contributed by atoms with Gasteiger partial charge in [-0.05, 0) is 19.1 Å². The Morgan fingerprint density at radius 2 is 2.00 bits per heavy atom. The van der Waals surface area contributed by atoms with Crippen LogP contribution in [0.5, 0.6) is 0 Å². The van der Waals surface area contributed by atoms with Crippen LogP contribution in [0.15, 0.2) is 29.2 Å². The third-order valence-corrected chi connectivity index (χ3v) is 3.08. The zero-order valence-corrected chi connectivity index (χ0v) is 11.0. The Balaban J connectivity index is 2.52. The van der Waals surface area contributed by atoms with Gasteiger partial charge in [0, 0.05) is 6.07 Å². The van der Waals surface area contributed by atoms with Gasteiger partial charge in [0.2, 0.25) is 0 Å². The number of benzene rings is 1. The molecule has 0 aliphatic heterocycles. The lowest BCUT2D eigenvalue weighted by atomic mass is 10.2. The second-order valence-corrected chi connectivity index (χ2v) is 4.59. The second kappa shape index (κ2) is 4.74. The first-order chi connectivity index (χ1) is 10.0. The van der Waals surface area contributed by atoms with Crippen LogP contribution in [0, 0.1) is 11.6 Å². The molecule has 8 heteroatoms. The number of aromatic amines is 1. The summed E-state index contributed by atoms with van der Waals surface area (Å²) in [6.45, 7) is 1.59. The van der Waals surface area contributed by atoms with Gasteiger partial charge in [-0.1, -0.05) is 0 Å². The fourth-order valence-corrected chi connectivity index (χ4v) is 2.15. The Hall–Kier alpha value is -2.61. The summed E-state index contributed by atoms with van der Waals surface area (Å²) in [5.74, 6) is -1.22. The van der Waals surface area contributed by atoms with E-state index >= 15 is 0 Å². The van der Waals surface area contributed by atoms with Gasteiger partial charge < -0.3 is 5.73 Å². The first kappa shape index (κ1) is 13.4. The predicted octanol–water partition coefficient (Wildman–Crippen LogP) is 1.41. The highest BCUT2D eigenvalue weighted by molar-refractivity contribution is 5.79. The summed E-state index contributed by atoms with van der Waals surface area (Å²) in [4.78, 5) is 16.6. The minimum absolute atomic E-state index is 0.112. The molecule has 0 bridgehead atoms. The molecular weight excluding hydrogens is 280 g/mol. The molecule has 1 aromatic carbocycles. The molecule has 2 aromatic heterocycles. The maximum Gasteiger partial charge on any atom is 0.270 e. The number of nitrogens with one attached hydrogen (secondary N) is 1. The van der Waals surface area contributed by atoms with E-state index < -0.39 is 28.6 Å². The molecule has 1 atom stereocenters. The molecule has 108 valence electrons. The third-order valence-electron chi connectivity index (χ3n) is 3.08. The molecule has 0 aliphatic rings. The van der Waals surface area contributed by atoms with Gasteiger partial charge in [0.15, 0.2) is 0 Å². The van der Waals surface area contributed by atoms with Crippen LogP contribution in [0.4, 0.5) is 8.78 Å². The van der Waals surface area contributed by atoms with Gasteiger partial charge in [0.05, 0.1) is 12.2 Å². The number of hydrogen-bond donors (Lipinski definition) is 2. The van der Waals surface area contributed by atoms with Gasteiger partial charge in [0.1, 0.15) is 34.2 Å². The second-order valence-electron chi connectivity index (χ2n) is 4.59. The average Bonchev–Trinajstić information content (AvgIpc) is 2.95. The van der Waals surface area contributed by atoms with E-state index in [1.54, 1.807) is 6.92 Å². The molecule has 0 spiro atoms. The van der Waals surface area contributed by atoms with Crippen molar-refractivity contribution in [2.24, 2.45) is 5.73 Å². The van der Waals surface area contributed by atoms with E-state index in [4.69, 9.17) is 5.73 Å². The first-order valence-corrected chi connectivity index (χ1v) is 6.16. The predicted molar refractivity (Wildman–Crippen MR) is 72.0 cm³/mol. The van der Waals surface area contributed by atoms with Gasteiger partial charge in [-0.25, -0.2) is 18.3 Å². The maximum absolute atomic E-state index is 13.9. The van der Waals surface area contributed by atoms with E-state index in [2.05, 4.69) is 15.2 Å². The Morgan fingerprint density at radius 3 is 2.62 bits per heavy atom. The summed E-state index contributed by atoms with van der Waals surface area (Å²) in [7, 11) is 0. The zero-order chi connectivity index (χ0) is 15.1. The molecule has 0 amide bonds. The number of hydrogen-bond acceptors (Lipinski definition) is 4. The lowest BCUT2D eigenvalue weighted by Crippen LogP contribution is -2.28. The van der Waals surface area contributed by atoms with Crippen LogP contribution >= 0.6 is 0 Å². The molecule has 1 unspecified atom stereocenters. The molecule has 0 fully saturated rings. The van der Waals surface area contributed by atoms with Crippen molar-refractivity contribution in [1.29, 1.82) is 0 Å². The van der Waals surface area contributed by atoms with Crippen LogP contribution in [0.2, 0.25) is 0 Å². The van der Waals surface area contributed by atoms with Crippen molar-refractivity contribution in [3.8, 4) is 5.82 Å². The van der Waals surface area contributed by atoms with Gasteiger partial charge in [0.25, 0.3) is 5.56 Å². The summed E-state index contributed by atoms with van der Waals surface area (Å²) in [6, 6.07) is 2.67. The van der Waals surface area contributed by atoms with E-state index in [-0.39, 0.29) is 17.2 Å². The van der Waals surface area contributed by atoms with Crippen molar-refractivity contribution in [2.75, 3.05) is 0 Å². The van der Waals surface area contributed by atoms with Gasteiger partial charge in [-0.2, -0.15) is 5.10 Å². The molecule has 2 heterocycles. The SMILES string of the molecule is CC(N)c1nc2c(F)ccc(F)c2c(=O)n1-c1ccn[nH]1. The number of H-pyrrole nitrogens is 1. The lowest BCUT2D eigenvalue weighted by molar-refractivity contribution is 0.606. The Labute approximate surface area is 117 Å². The van der Waals surface area contributed by atoms with Crippen LogP contribution in [0.1, 0.15) is 18.8 Å². The molecule has 0 aliphatic carbocycles. The van der Waals surface area contributed by atoms with Gasteiger partial charge in [-0.3, -0.25) is 9.89 Å². The summed E-state index contributed by atoms with van der Waals surface area (Å²) in [5.41, 5.74) is 4.72. The zero-order valence-electron chi connectivity index (χ0n) is 11.0. The molecule has 3 N–H and O–H groups in total. The van der Waals surface area contributed by atoms with E-state index in [1.165, 1.54) is 12.3 Å². The van der Waals surface area contributed by atoms with Crippen molar-refractivity contribution < 1.29 is 8.78 Å². The number of nitrogens with two attached hydrogens (primary N) is 1. The van der Waals surface area contributed by atoms with Crippen molar-refractivity contribution in [3.63, 3.8) is 0 Å². The standard InChI is InChI=1S/C13H11F2N5O/c1-6(16)12-18-11-8(15)3-2-7(14)10(11)13(21)20(12)9-4-5-17-19-9/h2-6H,16H2,1H3,(H,17,19). The fraction of sp³-hybridized carbons (Fsp3) is 0.154. The van der Waals surface area contributed by atoms with E-state index in [0.717, 1.165) is 16.7 Å². The number of halogens is 2. The maximum atomic E-state index is 13.9. The number of aromatic nitrogens is 4. The lowest BCUT2D eigenvalue weighted by Gasteiger charge is -2.14. The third kappa shape index (κ3) is 2.00. The van der Waals surface area contributed by atoms with Gasteiger partial charge in [-0.15, -0.1) is 0 Å². The highest BCUT2D eigenvalue weighted by Gasteiger charge is 2.20. The fourth-order valence-electron chi connectivity index (χ4n) is 2.15. The van der Waals surface area contributed by atoms with Crippen LogP contribution in [-0.4, -0.2) is 19.7 Å². The van der Waals surface area contributed by atoms with Crippen molar-refractivity contribution in [2.45, 2.75) is 13.0 Å². The Bertz CT molecular complexity index is 870. The van der Waals surface area contributed by atoms with Crippen LogP contribution in [0.3, 0.4) is 0 Å². The molecule has 6 nitrogen and oxygen atoms in total. The quantitative estimate of drug-likeness (QED) is 0.747. The normalized spacial score (nSPS) is 12.8. The van der Waals surface area contributed by atoms with Crippen molar-refractivity contribution in [3.05, 3.63) is 52.2 Å². The minimum Gasteiger partial charge on any atom is -0.322 e. The van der Waals surface area contributed by atoms with Crippen molar-refractivity contribution in [1.82, 2.24) is 19.7 Å². The minimum atomic E-state index is -0.839. The van der Waals surface area contributed by atoms with Crippen LogP contribution in [-0.2, 0) is 0 Å². The topological polar surface area (TPSA) is 89.6 Å². The van der Waals surface area contributed by atoms with Crippen molar-refractivity contribution >= 4 is 10.9 Å². The molecule has 0 saturated carbocycles. The number of nitrogens with zero attached hydrogens (tertiary/aromatic N) is 3. The molecule has 3 rings (SSSR count). The van der Waals surface area contributed by atoms with E-state index in [1.807, 2.05) is 0 Å². The number of rotatable bonds is 2. The highest BCUT2D eigenvalue weighted by atomic mass is 19.1. The Morgan fingerprint density at radius 1 is 1.29 bits per heavy atom. The summed E-state index contributed by atoms with van der Waals surface area (Å²) in [6.07, 6.45) is 1.43. The van der Waals surface area contributed by atoms with Gasteiger partial charge >= 0.3 is 0 Å². The monoisotopic (exact) mass is 291 g/mol. The smallest absolute Gasteiger partial charge is 0.270 e. The Kier molecular flexibility index (Phi) is 3.02. The summed E-state index contributed by atoms with van der Waals surface area (Å²) < 4.78 is 28.8. The van der Waals surface area contributed by atoms with E-state index in [9.17, 15) is 13.6 Å². The molecule has 3 aromatic rings. The molecule has 0 saturated heterocycles. The summed E-state index contributed by atoms with van der Waals surface area (Å²) >= 11 is 0. The molecule has 0 radical (unpaired) electrons. The van der Waals surface area contributed by atoms with Crippen LogP contribution < -0.4 is 11.3 Å². The highest BCUT2D eigenvalue weighted by Crippen LogP contribution is 2.19. The largest absolute Gasteiger partial charge is 0.322 e. The summed E-state index contributed by atoms with van der Waals surface area (Å²) in [5, 5.41) is 5.91.